The number of aromatic nitrogens is 1. The number of hydrogen-bond acceptors (Lipinski definition) is 3. The molecular weight excluding hydrogens is 154 g/mol. The highest BCUT2D eigenvalue weighted by molar-refractivity contribution is 7.09. The van der Waals surface area contributed by atoms with E-state index in [9.17, 15) is 0 Å². The molecule has 0 aliphatic carbocycles. The minimum atomic E-state index is -1.83. The summed E-state index contributed by atoms with van der Waals surface area (Å²) < 4.78 is 0. The second-order valence-corrected chi connectivity index (χ2v) is 2.49. The Morgan fingerprint density at radius 3 is 2.30 bits per heavy atom. The first-order valence-electron chi connectivity index (χ1n) is 2.40. The summed E-state index contributed by atoms with van der Waals surface area (Å²) in [5.74, 6) is 0. The minimum absolute atomic E-state index is 1.27. The Labute approximate surface area is 61.8 Å². The van der Waals surface area contributed by atoms with Crippen molar-refractivity contribution in [2.45, 2.75) is 6.92 Å². The van der Waals surface area contributed by atoms with E-state index in [0.717, 1.165) is 0 Å². The number of hydrogen-bond donors (Lipinski definition) is 2. The molecule has 0 spiro atoms. The summed E-state index contributed by atoms with van der Waals surface area (Å²) in [5.41, 5.74) is 1.83. The van der Waals surface area contributed by atoms with Crippen LogP contribution in [0.25, 0.3) is 0 Å². The predicted octanol–water partition coefficient (Wildman–Crippen LogP) is 1.67. The molecule has 1 aromatic rings. The van der Waals surface area contributed by atoms with Crippen LogP contribution in [0.15, 0.2) is 11.7 Å². The summed E-state index contributed by atoms with van der Waals surface area (Å²) in [6, 6.07) is 0. The van der Waals surface area contributed by atoms with Gasteiger partial charge >= 0.3 is 6.16 Å². The zero-order valence-corrected chi connectivity index (χ0v) is 6.13. The van der Waals surface area contributed by atoms with Crippen LogP contribution < -0.4 is 0 Å². The molecule has 2 N–H and O–H groups in total. The molecule has 0 fully saturated rings. The predicted molar refractivity (Wildman–Crippen MR) is 37.5 cm³/mol. The van der Waals surface area contributed by atoms with Crippen molar-refractivity contribution in [1.82, 2.24) is 4.98 Å². The first-order valence-corrected chi connectivity index (χ1v) is 3.28. The van der Waals surface area contributed by atoms with Crippen LogP contribution in [-0.4, -0.2) is 21.4 Å². The number of carbonyl (C=O) groups is 1. The highest BCUT2D eigenvalue weighted by atomic mass is 32.1. The summed E-state index contributed by atoms with van der Waals surface area (Å²) >= 11 is 1.67. The lowest BCUT2D eigenvalue weighted by atomic mass is 10.7. The average molecular weight is 161 g/mol. The van der Waals surface area contributed by atoms with E-state index in [1.165, 1.54) is 4.88 Å². The molecule has 1 rings (SSSR count). The standard InChI is InChI=1S/C4H5NS.CH2O3/c1-4-2-5-3-6-4;2-1(3)4/h2-3H,1H3;(H2,2,3,4). The topological polar surface area (TPSA) is 70.4 Å². The molecule has 56 valence electrons. The van der Waals surface area contributed by atoms with Crippen LogP contribution in [0.4, 0.5) is 4.79 Å². The Kier molecular flexibility index (Phi) is 4.23. The molecule has 0 saturated heterocycles. The van der Waals surface area contributed by atoms with Gasteiger partial charge in [0.25, 0.3) is 0 Å². The van der Waals surface area contributed by atoms with Gasteiger partial charge in [-0.05, 0) is 6.92 Å². The second kappa shape index (κ2) is 4.75. The van der Waals surface area contributed by atoms with Crippen LogP contribution >= 0.6 is 11.3 Å². The highest BCUT2D eigenvalue weighted by Crippen LogP contribution is 1.99. The van der Waals surface area contributed by atoms with Gasteiger partial charge in [-0.2, -0.15) is 0 Å². The van der Waals surface area contributed by atoms with Crippen LogP contribution in [0.3, 0.4) is 0 Å². The molecule has 0 amide bonds. The molecule has 0 radical (unpaired) electrons. The van der Waals surface area contributed by atoms with Gasteiger partial charge in [0.05, 0.1) is 5.51 Å². The zero-order chi connectivity index (χ0) is 7.98. The fourth-order valence-electron chi connectivity index (χ4n) is 0.279. The largest absolute Gasteiger partial charge is 0.503 e. The number of thiazole rings is 1. The summed E-state index contributed by atoms with van der Waals surface area (Å²) in [7, 11) is 0. The van der Waals surface area contributed by atoms with Crippen molar-refractivity contribution < 1.29 is 15.0 Å². The molecule has 0 aliphatic rings. The molecule has 0 saturated carbocycles. The van der Waals surface area contributed by atoms with Crippen molar-refractivity contribution in [1.29, 1.82) is 0 Å². The molecule has 0 aromatic carbocycles. The van der Waals surface area contributed by atoms with Crippen molar-refractivity contribution in [3.05, 3.63) is 16.6 Å². The van der Waals surface area contributed by atoms with E-state index >= 15 is 0 Å². The molecule has 10 heavy (non-hydrogen) atoms. The van der Waals surface area contributed by atoms with Crippen LogP contribution in [-0.2, 0) is 0 Å². The van der Waals surface area contributed by atoms with Gasteiger partial charge in [-0.1, -0.05) is 0 Å². The number of nitrogens with zero attached hydrogens (tertiary/aromatic N) is 1. The molecule has 0 aliphatic heterocycles. The van der Waals surface area contributed by atoms with Gasteiger partial charge < -0.3 is 10.2 Å². The molecule has 5 heteroatoms. The maximum absolute atomic E-state index is 8.56. The normalized spacial score (nSPS) is 7.70. The smallest absolute Gasteiger partial charge is 0.450 e. The summed E-state index contributed by atoms with van der Waals surface area (Å²) in [5, 5.41) is 13.9. The molecule has 0 bridgehead atoms. The van der Waals surface area contributed by atoms with Gasteiger partial charge in [0, 0.05) is 11.1 Å². The monoisotopic (exact) mass is 161 g/mol. The Bertz CT molecular complexity index is 181. The van der Waals surface area contributed by atoms with Gasteiger partial charge in [-0.15, -0.1) is 11.3 Å². The SMILES string of the molecule is Cc1cncs1.O=C(O)O. The molecule has 0 atom stereocenters. The molecule has 1 heterocycles. The van der Waals surface area contributed by atoms with Crippen molar-refractivity contribution >= 4 is 17.5 Å². The number of rotatable bonds is 0. The Hall–Kier alpha value is -1.10. The number of aryl methyl sites for hydroxylation is 1. The molecular formula is C5H7NO3S. The Morgan fingerprint density at radius 1 is 1.70 bits per heavy atom. The Morgan fingerprint density at radius 2 is 2.20 bits per heavy atom. The van der Waals surface area contributed by atoms with E-state index < -0.39 is 6.16 Å². The fraction of sp³-hybridized carbons (Fsp3) is 0.200. The lowest BCUT2D eigenvalue weighted by Gasteiger charge is -1.63. The third-order valence-electron chi connectivity index (χ3n) is 0.556. The first-order chi connectivity index (χ1) is 4.63. The Balaban J connectivity index is 0.000000180. The van der Waals surface area contributed by atoms with Gasteiger partial charge in [0.1, 0.15) is 0 Å². The van der Waals surface area contributed by atoms with Crippen molar-refractivity contribution in [2.24, 2.45) is 0 Å². The number of carboxylic acid groups (broad SMARTS) is 2. The lowest BCUT2D eigenvalue weighted by molar-refractivity contribution is 0.137. The van der Waals surface area contributed by atoms with Gasteiger partial charge in [0.15, 0.2) is 0 Å². The molecule has 4 nitrogen and oxygen atoms in total. The quantitative estimate of drug-likeness (QED) is 0.607. The van der Waals surface area contributed by atoms with Crippen LogP contribution in [0.2, 0.25) is 0 Å². The maximum atomic E-state index is 8.56. The summed E-state index contributed by atoms with van der Waals surface area (Å²) in [6.07, 6.45) is 0.0185. The van der Waals surface area contributed by atoms with E-state index in [-0.39, 0.29) is 0 Å². The van der Waals surface area contributed by atoms with Crippen LogP contribution in [0, 0.1) is 6.92 Å². The van der Waals surface area contributed by atoms with Gasteiger partial charge in [0.2, 0.25) is 0 Å². The molecule has 1 aromatic heterocycles. The summed E-state index contributed by atoms with van der Waals surface area (Å²) in [4.78, 5) is 13.7. The molecule has 0 unspecified atom stereocenters. The maximum Gasteiger partial charge on any atom is 0.503 e. The van der Waals surface area contributed by atoms with E-state index in [1.54, 1.807) is 11.3 Å². The van der Waals surface area contributed by atoms with E-state index in [0.29, 0.717) is 0 Å². The van der Waals surface area contributed by atoms with Gasteiger partial charge in [-0.3, -0.25) is 4.98 Å². The average Bonchev–Trinajstić information content (AvgIpc) is 2.15. The summed E-state index contributed by atoms with van der Waals surface area (Å²) in [6.45, 7) is 2.04. The van der Waals surface area contributed by atoms with Crippen molar-refractivity contribution in [2.75, 3.05) is 0 Å². The first kappa shape index (κ1) is 8.90. The lowest BCUT2D eigenvalue weighted by Crippen LogP contribution is -1.81. The van der Waals surface area contributed by atoms with Gasteiger partial charge in [-0.25, -0.2) is 4.79 Å². The minimum Gasteiger partial charge on any atom is -0.450 e. The van der Waals surface area contributed by atoms with E-state index in [2.05, 4.69) is 4.98 Å². The third-order valence-corrected chi connectivity index (χ3v) is 1.26. The highest BCUT2D eigenvalue weighted by Gasteiger charge is 1.76. The van der Waals surface area contributed by atoms with Crippen LogP contribution in [0.1, 0.15) is 4.88 Å². The zero-order valence-electron chi connectivity index (χ0n) is 5.31. The van der Waals surface area contributed by atoms with E-state index in [4.69, 9.17) is 15.0 Å². The fourth-order valence-corrected chi connectivity index (χ4v) is 0.689. The van der Waals surface area contributed by atoms with Crippen molar-refractivity contribution in [3.63, 3.8) is 0 Å². The van der Waals surface area contributed by atoms with E-state index in [1.807, 2.05) is 18.6 Å². The van der Waals surface area contributed by atoms with Crippen LogP contribution in [0.5, 0.6) is 0 Å². The third kappa shape index (κ3) is 6.90. The van der Waals surface area contributed by atoms with Crippen molar-refractivity contribution in [3.8, 4) is 0 Å². The second-order valence-electron chi connectivity index (χ2n) is 1.39.